The maximum atomic E-state index is 14.5. The van der Waals surface area contributed by atoms with E-state index in [2.05, 4.69) is 4.98 Å². The van der Waals surface area contributed by atoms with Crippen LogP contribution in [0.25, 0.3) is 21.6 Å². The highest BCUT2D eigenvalue weighted by atomic mass is 35.5. The van der Waals surface area contributed by atoms with Crippen molar-refractivity contribution < 1.29 is 13.9 Å². The predicted octanol–water partition coefficient (Wildman–Crippen LogP) is 6.49. The van der Waals surface area contributed by atoms with Gasteiger partial charge in [0.05, 0.1) is 0 Å². The van der Waals surface area contributed by atoms with Crippen LogP contribution in [0.5, 0.6) is 0 Å². The van der Waals surface area contributed by atoms with Gasteiger partial charge >= 0.3 is 0 Å². The molecule has 0 saturated carbocycles. The summed E-state index contributed by atoms with van der Waals surface area (Å²) in [6, 6.07) is 14.1. The summed E-state index contributed by atoms with van der Waals surface area (Å²) in [6.45, 7) is 0. The van der Waals surface area contributed by atoms with E-state index in [0.29, 0.717) is 21.7 Å². The summed E-state index contributed by atoms with van der Waals surface area (Å²) >= 11 is 7.38. The number of hydrogen-bond acceptors (Lipinski definition) is 3. The second-order valence-electron chi connectivity index (χ2n) is 6.21. The molecular weight excluding hydrogens is 400 g/mol. The third-order valence-electron chi connectivity index (χ3n) is 4.43. The molecule has 28 heavy (non-hydrogen) atoms. The molecule has 0 spiro atoms. The zero-order valence-electron chi connectivity index (χ0n) is 14.4. The lowest BCUT2D eigenvalue weighted by Crippen LogP contribution is -2.03. The second kappa shape index (κ2) is 7.80. The van der Waals surface area contributed by atoms with Crippen molar-refractivity contribution in [2.75, 3.05) is 0 Å². The van der Waals surface area contributed by atoms with Gasteiger partial charge in [0.1, 0.15) is 17.7 Å². The Morgan fingerprint density at radius 2 is 1.79 bits per heavy atom. The van der Waals surface area contributed by atoms with Crippen LogP contribution in [0.1, 0.15) is 17.2 Å². The van der Waals surface area contributed by atoms with Gasteiger partial charge in [0.25, 0.3) is 0 Å². The molecule has 0 aliphatic carbocycles. The molecule has 0 aliphatic rings. The summed E-state index contributed by atoms with van der Waals surface area (Å²) in [5, 5.41) is 13.5. The standard InChI is InChI=1S/C22H14ClF2NOS/c23-15-5-3-13(4-6-15)22-20(21(27)14-2-1-9-26-11-14)18(12-28-22)17-8-7-16(24)10-19(17)25/h1-12,21,27H. The summed E-state index contributed by atoms with van der Waals surface area (Å²) < 4.78 is 27.9. The van der Waals surface area contributed by atoms with Crippen LogP contribution >= 0.6 is 22.9 Å². The molecule has 2 nitrogen and oxygen atoms in total. The topological polar surface area (TPSA) is 33.1 Å². The van der Waals surface area contributed by atoms with Crippen LogP contribution < -0.4 is 0 Å². The fourth-order valence-electron chi connectivity index (χ4n) is 3.08. The molecule has 4 rings (SSSR count). The van der Waals surface area contributed by atoms with Gasteiger partial charge in [-0.05, 0) is 41.3 Å². The Morgan fingerprint density at radius 3 is 2.46 bits per heavy atom. The summed E-state index contributed by atoms with van der Waals surface area (Å²) in [7, 11) is 0. The number of hydrogen-bond donors (Lipinski definition) is 1. The van der Waals surface area contributed by atoms with Crippen molar-refractivity contribution in [3.05, 3.63) is 100 Å². The number of benzene rings is 2. The van der Waals surface area contributed by atoms with Crippen LogP contribution in [-0.2, 0) is 0 Å². The molecule has 0 fully saturated rings. The third kappa shape index (κ3) is 3.56. The van der Waals surface area contributed by atoms with Crippen LogP contribution in [0.15, 0.2) is 72.4 Å². The zero-order valence-corrected chi connectivity index (χ0v) is 16.0. The first-order valence-electron chi connectivity index (χ1n) is 8.45. The van der Waals surface area contributed by atoms with E-state index in [-0.39, 0.29) is 5.56 Å². The molecule has 6 heteroatoms. The Bertz CT molecular complexity index is 1110. The molecule has 1 N–H and O–H groups in total. The summed E-state index contributed by atoms with van der Waals surface area (Å²) in [4.78, 5) is 4.85. The Morgan fingerprint density at radius 1 is 1.00 bits per heavy atom. The van der Waals surface area contributed by atoms with E-state index >= 15 is 0 Å². The van der Waals surface area contributed by atoms with Crippen molar-refractivity contribution in [2.45, 2.75) is 6.10 Å². The van der Waals surface area contributed by atoms with Gasteiger partial charge in [-0.15, -0.1) is 11.3 Å². The Balaban J connectivity index is 1.93. The number of nitrogens with zero attached hydrogens (tertiary/aromatic N) is 1. The van der Waals surface area contributed by atoms with Crippen LogP contribution in [-0.4, -0.2) is 10.1 Å². The molecule has 0 aliphatic heterocycles. The van der Waals surface area contributed by atoms with Gasteiger partial charge in [-0.25, -0.2) is 8.78 Å². The van der Waals surface area contributed by atoms with Crippen LogP contribution in [0.4, 0.5) is 8.78 Å². The van der Waals surface area contributed by atoms with Crippen molar-refractivity contribution in [2.24, 2.45) is 0 Å². The molecule has 0 saturated heterocycles. The molecule has 2 aromatic heterocycles. The first kappa shape index (κ1) is 18.7. The van der Waals surface area contributed by atoms with Gasteiger partial charge in [0.15, 0.2) is 0 Å². The van der Waals surface area contributed by atoms with Crippen LogP contribution in [0.3, 0.4) is 0 Å². The number of aliphatic hydroxyl groups excluding tert-OH is 1. The van der Waals surface area contributed by atoms with Gasteiger partial charge in [-0.3, -0.25) is 4.98 Å². The lowest BCUT2D eigenvalue weighted by atomic mass is 9.93. The van der Waals surface area contributed by atoms with Gasteiger partial charge in [-0.2, -0.15) is 0 Å². The predicted molar refractivity (Wildman–Crippen MR) is 108 cm³/mol. The fourth-order valence-corrected chi connectivity index (χ4v) is 4.32. The van der Waals surface area contributed by atoms with E-state index in [1.807, 2.05) is 12.1 Å². The zero-order chi connectivity index (χ0) is 19.7. The lowest BCUT2D eigenvalue weighted by molar-refractivity contribution is 0.221. The molecule has 2 heterocycles. The van der Waals surface area contributed by atoms with E-state index in [4.69, 9.17) is 11.6 Å². The normalized spacial score (nSPS) is 12.1. The van der Waals surface area contributed by atoms with Crippen molar-refractivity contribution in [1.82, 2.24) is 4.98 Å². The fraction of sp³-hybridized carbons (Fsp3) is 0.0455. The van der Waals surface area contributed by atoms with E-state index in [1.54, 1.807) is 42.0 Å². The smallest absolute Gasteiger partial charge is 0.133 e. The Hall–Kier alpha value is -2.60. The maximum Gasteiger partial charge on any atom is 0.133 e. The van der Waals surface area contributed by atoms with Gasteiger partial charge in [0.2, 0.25) is 0 Å². The highest BCUT2D eigenvalue weighted by molar-refractivity contribution is 7.14. The van der Waals surface area contributed by atoms with Gasteiger partial charge in [-0.1, -0.05) is 29.8 Å². The molecule has 0 radical (unpaired) electrons. The van der Waals surface area contributed by atoms with Crippen molar-refractivity contribution in [1.29, 1.82) is 0 Å². The molecule has 1 atom stereocenters. The minimum atomic E-state index is -1.02. The first-order chi connectivity index (χ1) is 13.5. The molecule has 2 aromatic carbocycles. The van der Waals surface area contributed by atoms with E-state index in [1.165, 1.54) is 23.5 Å². The summed E-state index contributed by atoms with van der Waals surface area (Å²) in [5.74, 6) is -1.33. The highest BCUT2D eigenvalue weighted by Gasteiger charge is 2.24. The monoisotopic (exact) mass is 413 g/mol. The number of rotatable bonds is 4. The molecule has 0 bridgehead atoms. The molecule has 1 unspecified atom stereocenters. The number of thiophene rings is 1. The van der Waals surface area contributed by atoms with E-state index in [9.17, 15) is 13.9 Å². The Labute approximate surface area is 169 Å². The first-order valence-corrected chi connectivity index (χ1v) is 9.71. The number of aromatic nitrogens is 1. The van der Waals surface area contributed by atoms with Crippen molar-refractivity contribution in [3.8, 4) is 21.6 Å². The number of aliphatic hydroxyl groups is 1. The second-order valence-corrected chi connectivity index (χ2v) is 7.53. The molecule has 140 valence electrons. The number of pyridine rings is 1. The maximum absolute atomic E-state index is 14.5. The average Bonchev–Trinajstić information content (AvgIpc) is 3.13. The molecule has 0 amide bonds. The van der Waals surface area contributed by atoms with Crippen molar-refractivity contribution >= 4 is 22.9 Å². The summed E-state index contributed by atoms with van der Waals surface area (Å²) in [6.07, 6.45) is 2.16. The van der Waals surface area contributed by atoms with Crippen LogP contribution in [0.2, 0.25) is 5.02 Å². The molecule has 4 aromatic rings. The molecular formula is C22H14ClF2NOS. The van der Waals surface area contributed by atoms with E-state index in [0.717, 1.165) is 16.5 Å². The number of halogens is 3. The minimum Gasteiger partial charge on any atom is -0.384 e. The largest absolute Gasteiger partial charge is 0.384 e. The van der Waals surface area contributed by atoms with Gasteiger partial charge < -0.3 is 5.11 Å². The minimum absolute atomic E-state index is 0.232. The third-order valence-corrected chi connectivity index (χ3v) is 5.73. The van der Waals surface area contributed by atoms with Crippen LogP contribution in [0, 0.1) is 11.6 Å². The van der Waals surface area contributed by atoms with Gasteiger partial charge in [0, 0.05) is 50.6 Å². The lowest BCUT2D eigenvalue weighted by Gasteiger charge is -2.16. The quantitative estimate of drug-likeness (QED) is 0.414. The highest BCUT2D eigenvalue weighted by Crippen LogP contribution is 2.44. The SMILES string of the molecule is OC(c1cccnc1)c1c(-c2ccc(F)cc2F)csc1-c1ccc(Cl)cc1. The van der Waals surface area contributed by atoms with E-state index < -0.39 is 17.7 Å². The summed E-state index contributed by atoms with van der Waals surface area (Å²) in [5.41, 5.74) is 2.73. The average molecular weight is 414 g/mol. The van der Waals surface area contributed by atoms with Crippen molar-refractivity contribution in [3.63, 3.8) is 0 Å². The Kier molecular flexibility index (Phi) is 5.22.